The quantitative estimate of drug-likeness (QED) is 0.453. The van der Waals surface area contributed by atoms with E-state index in [-0.39, 0.29) is 5.78 Å². The first-order chi connectivity index (χ1) is 8.24. The molecule has 0 spiro atoms. The number of ketones is 1. The summed E-state index contributed by atoms with van der Waals surface area (Å²) in [5, 5.41) is 0. The third-order valence-corrected chi connectivity index (χ3v) is 3.28. The number of Topliss-reactive ketones (excluding diaryl/α,β-unsaturated/α-hetero) is 1. The van der Waals surface area contributed by atoms with Crippen molar-refractivity contribution in [1.82, 2.24) is 0 Å². The SMILES string of the molecule is CCCCCCCCCC(=O)c1ccc(Br)o1. The molecule has 0 unspecified atom stereocenters. The van der Waals surface area contributed by atoms with Crippen molar-refractivity contribution >= 4 is 21.7 Å². The van der Waals surface area contributed by atoms with Crippen LogP contribution < -0.4 is 0 Å². The van der Waals surface area contributed by atoms with E-state index >= 15 is 0 Å². The van der Waals surface area contributed by atoms with Crippen LogP contribution in [0.15, 0.2) is 21.2 Å². The second kappa shape index (κ2) is 8.51. The minimum Gasteiger partial charge on any atom is -0.446 e. The molecule has 0 N–H and O–H groups in total. The zero-order valence-electron chi connectivity index (χ0n) is 10.5. The highest BCUT2D eigenvalue weighted by molar-refractivity contribution is 9.10. The van der Waals surface area contributed by atoms with Gasteiger partial charge in [-0.1, -0.05) is 45.4 Å². The molecule has 0 fully saturated rings. The van der Waals surface area contributed by atoms with E-state index in [1.54, 1.807) is 12.1 Å². The predicted molar refractivity (Wildman–Crippen MR) is 73.3 cm³/mol. The monoisotopic (exact) mass is 300 g/mol. The normalized spacial score (nSPS) is 10.7. The largest absolute Gasteiger partial charge is 0.446 e. The van der Waals surface area contributed by atoms with Crippen molar-refractivity contribution in [3.05, 3.63) is 22.6 Å². The molecule has 1 heterocycles. The Balaban J connectivity index is 2.05. The van der Waals surface area contributed by atoms with Crippen molar-refractivity contribution in [2.75, 3.05) is 0 Å². The summed E-state index contributed by atoms with van der Waals surface area (Å²) in [6, 6.07) is 3.49. The number of carbonyl (C=O) groups excluding carboxylic acids is 1. The molecule has 96 valence electrons. The van der Waals surface area contributed by atoms with Gasteiger partial charge in [-0.2, -0.15) is 0 Å². The minimum atomic E-state index is 0.115. The van der Waals surface area contributed by atoms with Crippen LogP contribution in [0.1, 0.15) is 68.8 Å². The maximum Gasteiger partial charge on any atom is 0.198 e. The minimum absolute atomic E-state index is 0.115. The van der Waals surface area contributed by atoms with Gasteiger partial charge in [0.05, 0.1) is 0 Å². The number of hydrogen-bond acceptors (Lipinski definition) is 2. The summed E-state index contributed by atoms with van der Waals surface area (Å²) in [7, 11) is 0. The summed E-state index contributed by atoms with van der Waals surface area (Å²) in [4.78, 5) is 11.7. The molecule has 0 saturated carbocycles. The molecule has 0 saturated heterocycles. The maximum atomic E-state index is 11.7. The van der Waals surface area contributed by atoms with E-state index in [4.69, 9.17) is 4.42 Å². The van der Waals surface area contributed by atoms with E-state index < -0.39 is 0 Å². The Morgan fingerprint density at radius 2 is 1.76 bits per heavy atom. The molecule has 0 atom stereocenters. The number of halogens is 1. The van der Waals surface area contributed by atoms with Gasteiger partial charge < -0.3 is 4.42 Å². The molecular weight excluding hydrogens is 280 g/mol. The highest BCUT2D eigenvalue weighted by atomic mass is 79.9. The van der Waals surface area contributed by atoms with Gasteiger partial charge in [0, 0.05) is 6.42 Å². The Labute approximate surface area is 112 Å². The number of rotatable bonds is 9. The first-order valence-corrected chi connectivity index (χ1v) is 7.32. The van der Waals surface area contributed by atoms with E-state index in [0.717, 1.165) is 12.8 Å². The van der Waals surface area contributed by atoms with Gasteiger partial charge in [-0.05, 0) is 34.5 Å². The molecule has 0 amide bonds. The molecule has 0 aliphatic carbocycles. The number of carbonyl (C=O) groups is 1. The standard InChI is InChI=1S/C14H21BrO2/c1-2-3-4-5-6-7-8-9-12(16)13-10-11-14(15)17-13/h10-11H,2-9H2,1H3. The van der Waals surface area contributed by atoms with Crippen LogP contribution in [0.2, 0.25) is 0 Å². The van der Waals surface area contributed by atoms with Crippen molar-refractivity contribution in [3.8, 4) is 0 Å². The topological polar surface area (TPSA) is 30.2 Å². The van der Waals surface area contributed by atoms with Crippen molar-refractivity contribution < 1.29 is 9.21 Å². The molecule has 0 radical (unpaired) electrons. The molecule has 1 aromatic rings. The lowest BCUT2D eigenvalue weighted by Crippen LogP contribution is -1.96. The van der Waals surface area contributed by atoms with Crippen LogP contribution in [-0.2, 0) is 0 Å². The van der Waals surface area contributed by atoms with E-state index in [2.05, 4.69) is 22.9 Å². The van der Waals surface area contributed by atoms with Crippen LogP contribution >= 0.6 is 15.9 Å². The van der Waals surface area contributed by atoms with E-state index in [1.807, 2.05) is 0 Å². The Morgan fingerprint density at radius 3 is 2.35 bits per heavy atom. The summed E-state index contributed by atoms with van der Waals surface area (Å²) in [6.45, 7) is 2.22. The summed E-state index contributed by atoms with van der Waals surface area (Å²) in [5.41, 5.74) is 0. The van der Waals surface area contributed by atoms with Gasteiger partial charge in [0.15, 0.2) is 16.2 Å². The van der Waals surface area contributed by atoms with E-state index in [0.29, 0.717) is 16.9 Å². The first kappa shape index (κ1) is 14.5. The van der Waals surface area contributed by atoms with Crippen molar-refractivity contribution in [2.45, 2.75) is 58.3 Å². The van der Waals surface area contributed by atoms with Crippen LogP contribution in [0.5, 0.6) is 0 Å². The first-order valence-electron chi connectivity index (χ1n) is 6.52. The van der Waals surface area contributed by atoms with E-state index in [9.17, 15) is 4.79 Å². The van der Waals surface area contributed by atoms with Crippen LogP contribution in [0, 0.1) is 0 Å². The number of furan rings is 1. The third-order valence-electron chi connectivity index (χ3n) is 2.86. The number of unbranched alkanes of at least 4 members (excludes halogenated alkanes) is 6. The van der Waals surface area contributed by atoms with Crippen LogP contribution in [0.4, 0.5) is 0 Å². The summed E-state index contributed by atoms with van der Waals surface area (Å²) in [5.74, 6) is 0.590. The third kappa shape index (κ3) is 6.06. The zero-order valence-corrected chi connectivity index (χ0v) is 12.1. The Kier molecular flexibility index (Phi) is 7.25. The fraction of sp³-hybridized carbons (Fsp3) is 0.643. The van der Waals surface area contributed by atoms with Crippen molar-refractivity contribution in [3.63, 3.8) is 0 Å². The van der Waals surface area contributed by atoms with Gasteiger partial charge in [-0.25, -0.2) is 0 Å². The second-order valence-corrected chi connectivity index (χ2v) is 5.18. The average Bonchev–Trinajstić information content (AvgIpc) is 2.74. The zero-order chi connectivity index (χ0) is 12.5. The predicted octanol–water partition coefficient (Wildman–Crippen LogP) is 5.37. The highest BCUT2D eigenvalue weighted by Gasteiger charge is 2.09. The van der Waals surface area contributed by atoms with Gasteiger partial charge in [-0.15, -0.1) is 0 Å². The molecule has 17 heavy (non-hydrogen) atoms. The van der Waals surface area contributed by atoms with E-state index in [1.165, 1.54) is 32.1 Å². The van der Waals surface area contributed by atoms with Gasteiger partial charge in [0.25, 0.3) is 0 Å². The average molecular weight is 301 g/mol. The van der Waals surface area contributed by atoms with Crippen molar-refractivity contribution in [1.29, 1.82) is 0 Å². The molecule has 2 nitrogen and oxygen atoms in total. The van der Waals surface area contributed by atoms with Crippen LogP contribution in [0.25, 0.3) is 0 Å². The fourth-order valence-electron chi connectivity index (χ4n) is 1.83. The molecular formula is C14H21BrO2. The molecule has 0 aliphatic heterocycles. The smallest absolute Gasteiger partial charge is 0.198 e. The molecule has 0 aromatic carbocycles. The highest BCUT2D eigenvalue weighted by Crippen LogP contribution is 2.17. The van der Waals surface area contributed by atoms with Crippen LogP contribution in [0.3, 0.4) is 0 Å². The number of hydrogen-bond donors (Lipinski definition) is 0. The van der Waals surface area contributed by atoms with Crippen LogP contribution in [-0.4, -0.2) is 5.78 Å². The Bertz CT molecular complexity index is 331. The lowest BCUT2D eigenvalue weighted by Gasteiger charge is -2.00. The summed E-state index contributed by atoms with van der Waals surface area (Å²) >= 11 is 3.20. The molecule has 3 heteroatoms. The van der Waals surface area contributed by atoms with Crippen molar-refractivity contribution in [2.24, 2.45) is 0 Å². The Morgan fingerprint density at radius 1 is 1.12 bits per heavy atom. The second-order valence-electron chi connectivity index (χ2n) is 4.40. The van der Waals surface area contributed by atoms with Gasteiger partial charge >= 0.3 is 0 Å². The molecule has 1 aromatic heterocycles. The Hall–Kier alpha value is -0.570. The maximum absolute atomic E-state index is 11.7. The lowest BCUT2D eigenvalue weighted by atomic mass is 10.1. The molecule has 1 rings (SSSR count). The molecule has 0 bridgehead atoms. The van der Waals surface area contributed by atoms with Gasteiger partial charge in [0.1, 0.15) is 0 Å². The lowest BCUT2D eigenvalue weighted by molar-refractivity contribution is 0.0951. The summed E-state index contributed by atoms with van der Waals surface area (Å²) in [6.07, 6.45) is 9.22. The van der Waals surface area contributed by atoms with Gasteiger partial charge in [-0.3, -0.25) is 4.79 Å². The summed E-state index contributed by atoms with van der Waals surface area (Å²) < 4.78 is 5.85. The fourth-order valence-corrected chi connectivity index (χ4v) is 2.14. The van der Waals surface area contributed by atoms with Gasteiger partial charge in [0.2, 0.25) is 0 Å². The molecule has 0 aliphatic rings.